The molecule has 2 fully saturated rings. The molecule has 3 N–H and O–H groups in total. The molecule has 0 aromatic rings. The summed E-state index contributed by atoms with van der Waals surface area (Å²) in [6, 6.07) is 0. The summed E-state index contributed by atoms with van der Waals surface area (Å²) < 4.78 is 0. The summed E-state index contributed by atoms with van der Waals surface area (Å²) in [7, 11) is 0. The number of nitrogens with one attached hydrogen (secondary N) is 2. The van der Waals surface area contributed by atoms with Gasteiger partial charge >= 0.3 is 0 Å². The van der Waals surface area contributed by atoms with Gasteiger partial charge in [-0.1, -0.05) is 6.42 Å². The van der Waals surface area contributed by atoms with E-state index < -0.39 is 0 Å². The topological polar surface area (TPSA) is 64.6 Å². The fourth-order valence-corrected chi connectivity index (χ4v) is 2.82. The predicted octanol–water partition coefficient (Wildman–Crippen LogP) is -0.441. The molecule has 1 aliphatic heterocycles. The molecule has 2 aliphatic rings. The molecule has 0 radical (unpaired) electrons. The number of hydrogen-bond donors (Lipinski definition) is 3. The molecular weight excluding hydrogens is 230 g/mol. The van der Waals surface area contributed by atoms with Crippen LogP contribution >= 0.6 is 0 Å². The summed E-state index contributed by atoms with van der Waals surface area (Å²) in [6.45, 7) is 5.07. The zero-order valence-electron chi connectivity index (χ0n) is 11.0. The van der Waals surface area contributed by atoms with Crippen molar-refractivity contribution in [3.8, 4) is 0 Å². The van der Waals surface area contributed by atoms with Crippen LogP contribution in [0, 0.1) is 5.92 Å². The first-order chi connectivity index (χ1) is 8.75. The van der Waals surface area contributed by atoms with E-state index in [0.717, 1.165) is 51.9 Å². The van der Waals surface area contributed by atoms with Crippen LogP contribution in [0.5, 0.6) is 0 Å². The maximum Gasteiger partial charge on any atom is 0.234 e. The Morgan fingerprint density at radius 2 is 2.17 bits per heavy atom. The highest BCUT2D eigenvalue weighted by Crippen LogP contribution is 2.24. The lowest BCUT2D eigenvalue weighted by Gasteiger charge is -2.20. The number of rotatable bonds is 4. The van der Waals surface area contributed by atoms with Gasteiger partial charge in [0.15, 0.2) is 0 Å². The van der Waals surface area contributed by atoms with E-state index in [9.17, 15) is 9.90 Å². The van der Waals surface area contributed by atoms with E-state index >= 15 is 0 Å². The van der Waals surface area contributed by atoms with E-state index in [1.165, 1.54) is 0 Å². The number of carbonyl (C=O) groups is 1. The molecule has 0 spiro atoms. The van der Waals surface area contributed by atoms with Crippen molar-refractivity contribution < 1.29 is 9.90 Å². The molecule has 1 saturated carbocycles. The van der Waals surface area contributed by atoms with E-state index in [4.69, 9.17) is 0 Å². The molecule has 1 aliphatic carbocycles. The molecule has 1 amide bonds. The molecule has 2 atom stereocenters. The van der Waals surface area contributed by atoms with Crippen molar-refractivity contribution >= 4 is 5.91 Å². The smallest absolute Gasteiger partial charge is 0.234 e. The molecule has 1 saturated heterocycles. The van der Waals surface area contributed by atoms with E-state index in [1.807, 2.05) is 0 Å². The van der Waals surface area contributed by atoms with Crippen molar-refractivity contribution in [3.63, 3.8) is 0 Å². The van der Waals surface area contributed by atoms with Gasteiger partial charge in [0.1, 0.15) is 0 Å². The van der Waals surface area contributed by atoms with Crippen molar-refractivity contribution in [3.05, 3.63) is 0 Å². The Morgan fingerprint density at radius 3 is 2.94 bits per heavy atom. The number of aliphatic hydroxyl groups excluding tert-OH is 1. The monoisotopic (exact) mass is 255 g/mol. The summed E-state index contributed by atoms with van der Waals surface area (Å²) in [6.07, 6.45) is 3.90. The van der Waals surface area contributed by atoms with Gasteiger partial charge in [-0.3, -0.25) is 9.69 Å². The Hall–Kier alpha value is -0.650. The van der Waals surface area contributed by atoms with Gasteiger partial charge < -0.3 is 15.7 Å². The first-order valence-corrected chi connectivity index (χ1v) is 7.13. The molecule has 0 aromatic carbocycles. The average Bonchev–Trinajstić information content (AvgIpc) is 2.61. The number of hydrogen-bond acceptors (Lipinski definition) is 4. The summed E-state index contributed by atoms with van der Waals surface area (Å²) >= 11 is 0. The third kappa shape index (κ3) is 4.23. The van der Waals surface area contributed by atoms with Gasteiger partial charge in [0.05, 0.1) is 12.6 Å². The molecule has 18 heavy (non-hydrogen) atoms. The lowest BCUT2D eigenvalue weighted by Crippen LogP contribution is -2.41. The molecule has 0 aromatic heterocycles. The van der Waals surface area contributed by atoms with Crippen molar-refractivity contribution in [1.29, 1.82) is 0 Å². The normalized spacial score (nSPS) is 30.1. The molecular formula is C13H25N3O2. The summed E-state index contributed by atoms with van der Waals surface area (Å²) in [5.41, 5.74) is 0. The van der Waals surface area contributed by atoms with Crippen LogP contribution in [0.4, 0.5) is 0 Å². The molecule has 5 heteroatoms. The highest BCUT2D eigenvalue weighted by molar-refractivity contribution is 5.78. The molecule has 104 valence electrons. The van der Waals surface area contributed by atoms with Crippen molar-refractivity contribution in [2.45, 2.75) is 31.8 Å². The SMILES string of the molecule is O=C(CN1CCCNCC1)NCC1CCCC1O. The minimum absolute atomic E-state index is 0.0935. The van der Waals surface area contributed by atoms with Crippen LogP contribution in [0.1, 0.15) is 25.7 Å². The van der Waals surface area contributed by atoms with Gasteiger partial charge in [-0.25, -0.2) is 0 Å². The molecule has 0 bridgehead atoms. The maximum atomic E-state index is 11.8. The highest BCUT2D eigenvalue weighted by Gasteiger charge is 2.25. The molecule has 1 heterocycles. The highest BCUT2D eigenvalue weighted by atomic mass is 16.3. The fraction of sp³-hybridized carbons (Fsp3) is 0.923. The molecule has 2 unspecified atom stereocenters. The third-order valence-corrected chi connectivity index (χ3v) is 3.98. The van der Waals surface area contributed by atoms with Crippen LogP contribution < -0.4 is 10.6 Å². The molecule has 2 rings (SSSR count). The van der Waals surface area contributed by atoms with Crippen LogP contribution in [0.15, 0.2) is 0 Å². The quantitative estimate of drug-likeness (QED) is 0.637. The lowest BCUT2D eigenvalue weighted by atomic mass is 10.1. The Labute approximate surface area is 109 Å². The minimum atomic E-state index is -0.215. The second-order valence-electron chi connectivity index (χ2n) is 5.44. The number of aliphatic hydroxyl groups is 1. The second kappa shape index (κ2) is 7.07. The Morgan fingerprint density at radius 1 is 1.28 bits per heavy atom. The van der Waals surface area contributed by atoms with Crippen molar-refractivity contribution in [2.24, 2.45) is 5.92 Å². The second-order valence-corrected chi connectivity index (χ2v) is 5.44. The standard InChI is InChI=1S/C13H25N3O2/c17-12-4-1-3-11(12)9-15-13(18)10-16-7-2-5-14-6-8-16/h11-12,14,17H,1-10H2,(H,15,18). The third-order valence-electron chi connectivity index (χ3n) is 3.98. The van der Waals surface area contributed by atoms with Crippen LogP contribution in [-0.4, -0.2) is 61.3 Å². The minimum Gasteiger partial charge on any atom is -0.393 e. The average molecular weight is 255 g/mol. The summed E-state index contributed by atoms with van der Waals surface area (Å²) in [5, 5.41) is 16.0. The van der Waals surface area contributed by atoms with E-state index in [0.29, 0.717) is 13.1 Å². The Balaban J connectivity index is 1.64. The Bertz CT molecular complexity index is 265. The van der Waals surface area contributed by atoms with Crippen molar-refractivity contribution in [1.82, 2.24) is 15.5 Å². The van der Waals surface area contributed by atoms with Crippen LogP contribution in [0.25, 0.3) is 0 Å². The summed E-state index contributed by atoms with van der Waals surface area (Å²) in [4.78, 5) is 14.0. The van der Waals surface area contributed by atoms with Gasteiger partial charge in [-0.2, -0.15) is 0 Å². The fourth-order valence-electron chi connectivity index (χ4n) is 2.82. The van der Waals surface area contributed by atoms with Crippen LogP contribution in [0.3, 0.4) is 0 Å². The number of nitrogens with zero attached hydrogens (tertiary/aromatic N) is 1. The predicted molar refractivity (Wildman–Crippen MR) is 70.3 cm³/mol. The van der Waals surface area contributed by atoms with Crippen LogP contribution in [-0.2, 0) is 4.79 Å². The van der Waals surface area contributed by atoms with Crippen LogP contribution in [0.2, 0.25) is 0 Å². The van der Waals surface area contributed by atoms with Gasteiger partial charge in [0, 0.05) is 25.6 Å². The Kier molecular flexibility index (Phi) is 5.41. The van der Waals surface area contributed by atoms with Gasteiger partial charge in [-0.15, -0.1) is 0 Å². The van der Waals surface area contributed by atoms with Gasteiger partial charge in [0.25, 0.3) is 0 Å². The largest absolute Gasteiger partial charge is 0.393 e. The maximum absolute atomic E-state index is 11.8. The summed E-state index contributed by atoms with van der Waals surface area (Å²) in [5.74, 6) is 0.357. The first-order valence-electron chi connectivity index (χ1n) is 7.13. The van der Waals surface area contributed by atoms with E-state index in [-0.39, 0.29) is 17.9 Å². The first kappa shape index (κ1) is 13.8. The van der Waals surface area contributed by atoms with E-state index in [1.54, 1.807) is 0 Å². The van der Waals surface area contributed by atoms with Gasteiger partial charge in [0.2, 0.25) is 5.91 Å². The zero-order valence-corrected chi connectivity index (χ0v) is 11.0. The number of carbonyl (C=O) groups excluding carboxylic acids is 1. The van der Waals surface area contributed by atoms with Crippen molar-refractivity contribution in [2.75, 3.05) is 39.3 Å². The molecule has 5 nitrogen and oxygen atoms in total. The van der Waals surface area contributed by atoms with E-state index in [2.05, 4.69) is 15.5 Å². The zero-order chi connectivity index (χ0) is 12.8. The lowest BCUT2D eigenvalue weighted by molar-refractivity contribution is -0.122. The number of amides is 1. The van der Waals surface area contributed by atoms with Gasteiger partial charge in [-0.05, 0) is 32.4 Å².